The van der Waals surface area contributed by atoms with E-state index in [9.17, 15) is 4.79 Å². The van der Waals surface area contributed by atoms with E-state index in [2.05, 4.69) is 4.98 Å². The topological polar surface area (TPSA) is 65.2 Å². The normalized spacial score (nSPS) is 10.3. The monoisotopic (exact) mass is 200 g/mol. The Morgan fingerprint density at radius 2 is 2.54 bits per heavy atom. The summed E-state index contributed by atoms with van der Waals surface area (Å²) in [7, 11) is 0. The Morgan fingerprint density at radius 3 is 3.08 bits per heavy atom. The van der Waals surface area contributed by atoms with Gasteiger partial charge in [0.15, 0.2) is 0 Å². The molecule has 0 amide bonds. The van der Waals surface area contributed by atoms with Gasteiger partial charge in [0.2, 0.25) is 5.78 Å². The molecule has 0 atom stereocenters. The molecule has 4 nitrogen and oxygen atoms in total. The first kappa shape index (κ1) is 10.3. The Hall–Kier alpha value is -0.780. The molecule has 0 radical (unpaired) electrons. The smallest absolute Gasteiger partial charge is 0.207 e. The van der Waals surface area contributed by atoms with Crippen LogP contribution in [0.4, 0.5) is 0 Å². The van der Waals surface area contributed by atoms with Crippen LogP contribution in [0.1, 0.15) is 22.4 Å². The highest BCUT2D eigenvalue weighted by molar-refractivity contribution is 7.09. The fourth-order valence-corrected chi connectivity index (χ4v) is 1.48. The van der Waals surface area contributed by atoms with Crippen molar-refractivity contribution in [1.29, 1.82) is 0 Å². The maximum atomic E-state index is 11.3. The Balaban J connectivity index is 2.55. The SMILES string of the molecule is CCOCC(=O)c1csc(CN)n1. The summed E-state index contributed by atoms with van der Waals surface area (Å²) in [6, 6.07) is 0. The average Bonchev–Trinajstić information content (AvgIpc) is 2.62. The number of nitrogens with zero attached hydrogens (tertiary/aromatic N) is 1. The number of thiazole rings is 1. The molecule has 0 aliphatic heterocycles. The van der Waals surface area contributed by atoms with Crippen molar-refractivity contribution in [3.05, 3.63) is 16.1 Å². The summed E-state index contributed by atoms with van der Waals surface area (Å²) in [6.07, 6.45) is 0. The van der Waals surface area contributed by atoms with E-state index in [4.69, 9.17) is 10.5 Å². The van der Waals surface area contributed by atoms with Crippen molar-refractivity contribution in [2.45, 2.75) is 13.5 Å². The maximum Gasteiger partial charge on any atom is 0.207 e. The number of rotatable bonds is 5. The lowest BCUT2D eigenvalue weighted by atomic mass is 10.3. The molecule has 1 aromatic heterocycles. The predicted molar refractivity (Wildman–Crippen MR) is 50.8 cm³/mol. The van der Waals surface area contributed by atoms with Gasteiger partial charge in [0.05, 0.1) is 0 Å². The van der Waals surface area contributed by atoms with Crippen molar-refractivity contribution >= 4 is 17.1 Å². The third-order valence-corrected chi connectivity index (χ3v) is 2.32. The summed E-state index contributed by atoms with van der Waals surface area (Å²) in [5.41, 5.74) is 5.83. The standard InChI is InChI=1S/C8H12N2O2S/c1-2-12-4-7(11)6-5-13-8(3-9)10-6/h5H,2-4,9H2,1H3. The molecule has 72 valence electrons. The number of nitrogens with two attached hydrogens (primary N) is 1. The van der Waals surface area contributed by atoms with Crippen LogP contribution >= 0.6 is 11.3 Å². The quantitative estimate of drug-likeness (QED) is 0.715. The van der Waals surface area contributed by atoms with Gasteiger partial charge in [-0.05, 0) is 6.92 Å². The third-order valence-electron chi connectivity index (χ3n) is 1.45. The second-order valence-corrected chi connectivity index (χ2v) is 3.33. The summed E-state index contributed by atoms with van der Waals surface area (Å²) < 4.78 is 4.98. The zero-order valence-corrected chi connectivity index (χ0v) is 8.26. The minimum absolute atomic E-state index is 0.0854. The second kappa shape index (κ2) is 5.06. The van der Waals surface area contributed by atoms with Gasteiger partial charge in [-0.1, -0.05) is 0 Å². The van der Waals surface area contributed by atoms with E-state index in [1.807, 2.05) is 6.92 Å². The lowest BCUT2D eigenvalue weighted by Gasteiger charge is -1.96. The largest absolute Gasteiger partial charge is 0.374 e. The molecular formula is C8H12N2O2S. The molecule has 1 rings (SSSR count). The molecule has 13 heavy (non-hydrogen) atoms. The first-order chi connectivity index (χ1) is 6.27. The lowest BCUT2D eigenvalue weighted by Crippen LogP contribution is -2.09. The number of hydrogen-bond donors (Lipinski definition) is 1. The van der Waals surface area contributed by atoms with Gasteiger partial charge in [-0.3, -0.25) is 4.79 Å². The number of ketones is 1. The van der Waals surface area contributed by atoms with Crippen LogP contribution in [0.2, 0.25) is 0 Å². The minimum Gasteiger partial charge on any atom is -0.374 e. The summed E-state index contributed by atoms with van der Waals surface area (Å²) in [4.78, 5) is 15.4. The molecule has 2 N–H and O–H groups in total. The molecule has 0 aliphatic rings. The number of carbonyl (C=O) groups is 1. The van der Waals surface area contributed by atoms with Crippen molar-refractivity contribution in [2.75, 3.05) is 13.2 Å². The van der Waals surface area contributed by atoms with Crippen LogP contribution in [-0.4, -0.2) is 24.0 Å². The lowest BCUT2D eigenvalue weighted by molar-refractivity contribution is 0.0779. The van der Waals surface area contributed by atoms with Crippen LogP contribution in [-0.2, 0) is 11.3 Å². The van der Waals surface area contributed by atoms with Gasteiger partial charge in [0.25, 0.3) is 0 Å². The van der Waals surface area contributed by atoms with Gasteiger partial charge in [-0.15, -0.1) is 11.3 Å². The van der Waals surface area contributed by atoms with E-state index in [0.29, 0.717) is 18.8 Å². The zero-order chi connectivity index (χ0) is 9.68. The molecule has 0 bridgehead atoms. The van der Waals surface area contributed by atoms with E-state index in [-0.39, 0.29) is 12.4 Å². The molecule has 0 saturated heterocycles. The van der Waals surface area contributed by atoms with Gasteiger partial charge >= 0.3 is 0 Å². The van der Waals surface area contributed by atoms with Crippen LogP contribution < -0.4 is 5.73 Å². The highest BCUT2D eigenvalue weighted by Crippen LogP contribution is 2.09. The van der Waals surface area contributed by atoms with Crippen molar-refractivity contribution in [3.8, 4) is 0 Å². The molecule has 0 unspecified atom stereocenters. The first-order valence-corrected chi connectivity index (χ1v) is 4.91. The minimum atomic E-state index is -0.0854. The Morgan fingerprint density at radius 1 is 1.77 bits per heavy atom. The molecule has 0 saturated carbocycles. The summed E-state index contributed by atoms with van der Waals surface area (Å²) in [5.74, 6) is -0.0854. The maximum absolute atomic E-state index is 11.3. The Labute approximate surface area is 80.7 Å². The van der Waals surface area contributed by atoms with Gasteiger partial charge in [-0.2, -0.15) is 0 Å². The van der Waals surface area contributed by atoms with Crippen LogP contribution in [0.25, 0.3) is 0 Å². The van der Waals surface area contributed by atoms with Gasteiger partial charge < -0.3 is 10.5 Å². The Kier molecular flexibility index (Phi) is 4.01. The zero-order valence-electron chi connectivity index (χ0n) is 7.45. The second-order valence-electron chi connectivity index (χ2n) is 2.39. The molecule has 0 fully saturated rings. The first-order valence-electron chi connectivity index (χ1n) is 4.03. The summed E-state index contributed by atoms with van der Waals surface area (Å²) >= 11 is 1.40. The van der Waals surface area contributed by atoms with E-state index >= 15 is 0 Å². The molecule has 0 spiro atoms. The van der Waals surface area contributed by atoms with Gasteiger partial charge in [0, 0.05) is 18.5 Å². The van der Waals surface area contributed by atoms with Crippen LogP contribution in [0.15, 0.2) is 5.38 Å². The molecule has 0 aromatic carbocycles. The van der Waals surface area contributed by atoms with Crippen LogP contribution in [0.3, 0.4) is 0 Å². The fraction of sp³-hybridized carbons (Fsp3) is 0.500. The highest BCUT2D eigenvalue weighted by Gasteiger charge is 2.09. The number of hydrogen-bond acceptors (Lipinski definition) is 5. The van der Waals surface area contributed by atoms with Crippen LogP contribution in [0.5, 0.6) is 0 Å². The summed E-state index contributed by atoms with van der Waals surface area (Å²) in [6.45, 7) is 2.87. The van der Waals surface area contributed by atoms with E-state index < -0.39 is 0 Å². The third kappa shape index (κ3) is 2.87. The van der Waals surface area contributed by atoms with Gasteiger partial charge in [-0.25, -0.2) is 4.98 Å². The molecule has 0 aliphatic carbocycles. The van der Waals surface area contributed by atoms with Crippen LogP contribution in [0, 0.1) is 0 Å². The Bertz CT molecular complexity index is 285. The van der Waals surface area contributed by atoms with Crippen molar-refractivity contribution in [1.82, 2.24) is 4.98 Å². The van der Waals surface area contributed by atoms with E-state index in [1.165, 1.54) is 11.3 Å². The average molecular weight is 200 g/mol. The van der Waals surface area contributed by atoms with Gasteiger partial charge in [0.1, 0.15) is 17.3 Å². The summed E-state index contributed by atoms with van der Waals surface area (Å²) in [5, 5.41) is 2.49. The van der Waals surface area contributed by atoms with E-state index in [1.54, 1.807) is 5.38 Å². The van der Waals surface area contributed by atoms with Crippen molar-refractivity contribution < 1.29 is 9.53 Å². The molecule has 1 aromatic rings. The van der Waals surface area contributed by atoms with E-state index in [0.717, 1.165) is 5.01 Å². The number of carbonyl (C=O) groups excluding carboxylic acids is 1. The van der Waals surface area contributed by atoms with Crippen molar-refractivity contribution in [2.24, 2.45) is 5.73 Å². The molecule has 1 heterocycles. The van der Waals surface area contributed by atoms with Crippen molar-refractivity contribution in [3.63, 3.8) is 0 Å². The number of ether oxygens (including phenoxy) is 1. The number of aromatic nitrogens is 1. The predicted octanol–water partition coefficient (Wildman–Crippen LogP) is 0.821. The highest BCUT2D eigenvalue weighted by atomic mass is 32.1. The molecular weight excluding hydrogens is 188 g/mol. The number of Topliss-reactive ketones (excluding diaryl/α,β-unsaturated/α-hetero) is 1. The molecule has 5 heteroatoms. The fourth-order valence-electron chi connectivity index (χ4n) is 0.801.